The monoisotopic (exact) mass is 416 g/mol. The highest BCUT2D eigenvalue weighted by Gasteiger charge is 2.42. The van der Waals surface area contributed by atoms with E-state index < -0.39 is 13.0 Å². The number of allylic oxidation sites excluding steroid dienone is 2. The smallest absolute Gasteiger partial charge is 0.288 e. The Morgan fingerprint density at radius 3 is 1.80 bits per heavy atom. The van der Waals surface area contributed by atoms with Gasteiger partial charge in [0.05, 0.1) is 25.2 Å². The van der Waals surface area contributed by atoms with Crippen molar-refractivity contribution in [2.45, 2.75) is 5.66 Å². The molecule has 5 heteroatoms. The Morgan fingerprint density at radius 2 is 1.20 bits per heavy atom. The maximum absolute atomic E-state index is 14.6. The van der Waals surface area contributed by atoms with Crippen molar-refractivity contribution < 1.29 is 18.6 Å². The average Bonchev–Trinajstić information content (AvgIpc) is 2.96. The second-order valence-electron chi connectivity index (χ2n) is 7.21. The zero-order valence-electron chi connectivity index (χ0n) is 16.7. The van der Waals surface area contributed by atoms with Crippen molar-refractivity contribution in [3.05, 3.63) is 96.1 Å². The van der Waals surface area contributed by atoms with E-state index in [2.05, 4.69) is 0 Å². The third kappa shape index (κ3) is 2.79. The van der Waals surface area contributed by atoms with Crippen molar-refractivity contribution in [2.75, 3.05) is 14.2 Å². The Hall–Kier alpha value is -3.23. The maximum atomic E-state index is 14.6. The van der Waals surface area contributed by atoms with Gasteiger partial charge >= 0.3 is 0 Å². The van der Waals surface area contributed by atoms with Crippen LogP contribution in [0, 0.1) is 0 Å². The van der Waals surface area contributed by atoms with Gasteiger partial charge in [-0.05, 0) is 29.8 Å². The van der Waals surface area contributed by atoms with Crippen LogP contribution in [0.1, 0.15) is 11.1 Å². The van der Waals surface area contributed by atoms with Gasteiger partial charge in [0.1, 0.15) is 17.3 Å². The summed E-state index contributed by atoms with van der Waals surface area (Å²) in [5.41, 5.74) is 3.12. The molecule has 30 heavy (non-hydrogen) atoms. The first-order chi connectivity index (χ1) is 14.7. The lowest BCUT2D eigenvalue weighted by Crippen LogP contribution is -2.24. The fourth-order valence-electron chi connectivity index (χ4n) is 4.16. The number of fused-ring (bicyclic) bond motifs is 4. The highest BCUT2D eigenvalue weighted by atomic mass is 31.2. The van der Waals surface area contributed by atoms with Crippen LogP contribution < -0.4 is 9.83 Å². The topological polar surface area (TPSA) is 44.8 Å². The van der Waals surface area contributed by atoms with Gasteiger partial charge in [0.15, 0.2) is 0 Å². The lowest BCUT2D eigenvalue weighted by molar-refractivity contribution is 0.364. The number of para-hydroxylation sites is 1. The molecule has 1 aliphatic carbocycles. The van der Waals surface area contributed by atoms with Crippen LogP contribution in [-0.4, -0.2) is 19.9 Å². The summed E-state index contributed by atoms with van der Waals surface area (Å²) in [5.74, 6) is 1.92. The second-order valence-corrected chi connectivity index (χ2v) is 9.66. The van der Waals surface area contributed by atoms with Crippen LogP contribution in [0.2, 0.25) is 0 Å². The van der Waals surface area contributed by atoms with Crippen molar-refractivity contribution in [2.24, 2.45) is 0 Å². The minimum Gasteiger partial charge on any atom is -0.496 e. The standard InChI is InChI=1S/C25H21O4P/c1-27-23-15-17(16-24(28-2)19-10-4-3-9-18(19)23)30(26)25-14-8-6-12-21(25)20-11-5-7-13-22(20)29-30/h3-17H,1-2H3. The molecular formula is C25H21O4P. The van der Waals surface area contributed by atoms with Crippen molar-refractivity contribution in [3.63, 3.8) is 0 Å². The van der Waals surface area contributed by atoms with Gasteiger partial charge in [0.25, 0.3) is 7.37 Å². The van der Waals surface area contributed by atoms with Crippen molar-refractivity contribution in [1.29, 1.82) is 0 Å². The SMILES string of the molecule is COC1=CC(P2(=O)Oc3ccccc3-c3ccccc32)C=C(OC)c2ccccc21. The van der Waals surface area contributed by atoms with Crippen LogP contribution in [0.3, 0.4) is 0 Å². The number of benzene rings is 3. The zero-order valence-corrected chi connectivity index (χ0v) is 17.6. The summed E-state index contributed by atoms with van der Waals surface area (Å²) in [5, 5.41) is 0.707. The van der Waals surface area contributed by atoms with Gasteiger partial charge in [-0.25, -0.2) is 0 Å². The van der Waals surface area contributed by atoms with Crippen LogP contribution in [-0.2, 0) is 14.0 Å². The molecule has 0 saturated carbocycles. The Kier molecular flexibility index (Phi) is 4.52. The summed E-state index contributed by atoms with van der Waals surface area (Å²) < 4.78 is 32.3. The minimum atomic E-state index is -3.38. The number of hydrogen-bond donors (Lipinski definition) is 0. The highest BCUT2D eigenvalue weighted by Crippen LogP contribution is 2.59. The quantitative estimate of drug-likeness (QED) is 0.514. The molecule has 0 aromatic heterocycles. The van der Waals surface area contributed by atoms with E-state index in [9.17, 15) is 4.57 Å². The Balaban J connectivity index is 1.75. The van der Waals surface area contributed by atoms with Crippen LogP contribution in [0.5, 0.6) is 5.75 Å². The zero-order chi connectivity index (χ0) is 20.7. The predicted octanol–water partition coefficient (Wildman–Crippen LogP) is 5.71. The highest BCUT2D eigenvalue weighted by molar-refractivity contribution is 7.69. The third-order valence-corrected chi connectivity index (χ3v) is 8.20. The van der Waals surface area contributed by atoms with E-state index in [1.807, 2.05) is 84.9 Å². The maximum Gasteiger partial charge on any atom is 0.288 e. The fraction of sp³-hybridized carbons (Fsp3) is 0.120. The largest absolute Gasteiger partial charge is 0.496 e. The molecule has 0 fully saturated rings. The fourth-order valence-corrected chi connectivity index (χ4v) is 6.64. The van der Waals surface area contributed by atoms with Crippen LogP contribution in [0.4, 0.5) is 0 Å². The van der Waals surface area contributed by atoms with E-state index in [4.69, 9.17) is 14.0 Å². The number of methoxy groups -OCH3 is 2. The average molecular weight is 416 g/mol. The molecule has 0 bridgehead atoms. The molecule has 0 N–H and O–H groups in total. The Morgan fingerprint density at radius 1 is 0.700 bits per heavy atom. The van der Waals surface area contributed by atoms with E-state index in [1.165, 1.54) is 0 Å². The van der Waals surface area contributed by atoms with E-state index in [0.29, 0.717) is 22.6 Å². The Bertz CT molecular complexity index is 1200. The van der Waals surface area contributed by atoms with Crippen LogP contribution in [0.25, 0.3) is 22.6 Å². The second kappa shape index (κ2) is 7.23. The normalized spacial score (nSPS) is 19.8. The van der Waals surface area contributed by atoms with Crippen molar-refractivity contribution >= 4 is 24.2 Å². The van der Waals surface area contributed by atoms with E-state index in [1.54, 1.807) is 14.2 Å². The molecule has 1 heterocycles. The first-order valence-corrected chi connectivity index (χ1v) is 11.4. The minimum absolute atomic E-state index is 0.552. The molecule has 1 aliphatic heterocycles. The van der Waals surface area contributed by atoms with E-state index in [0.717, 1.165) is 22.3 Å². The summed E-state index contributed by atoms with van der Waals surface area (Å²) in [6.45, 7) is 0. The van der Waals surface area contributed by atoms with Crippen molar-refractivity contribution in [1.82, 2.24) is 0 Å². The van der Waals surface area contributed by atoms with Gasteiger partial charge in [-0.2, -0.15) is 0 Å². The molecule has 0 amide bonds. The first-order valence-electron chi connectivity index (χ1n) is 9.75. The van der Waals surface area contributed by atoms with E-state index >= 15 is 0 Å². The van der Waals surface area contributed by atoms with Gasteiger partial charge < -0.3 is 14.0 Å². The number of rotatable bonds is 3. The summed E-state index contributed by atoms with van der Waals surface area (Å²) in [4.78, 5) is 0. The number of hydrogen-bond acceptors (Lipinski definition) is 4. The molecule has 3 aromatic rings. The third-order valence-electron chi connectivity index (χ3n) is 5.59. The van der Waals surface area contributed by atoms with Crippen molar-refractivity contribution in [3.8, 4) is 16.9 Å². The predicted molar refractivity (Wildman–Crippen MR) is 120 cm³/mol. The molecule has 0 spiro atoms. The van der Waals surface area contributed by atoms with Gasteiger partial charge in [-0.1, -0.05) is 60.7 Å². The molecule has 3 aromatic carbocycles. The van der Waals surface area contributed by atoms with Gasteiger partial charge in [0, 0.05) is 16.7 Å². The number of ether oxygens (including phenoxy) is 2. The molecule has 1 unspecified atom stereocenters. The molecule has 0 saturated heterocycles. The lowest BCUT2D eigenvalue weighted by Gasteiger charge is -2.31. The van der Waals surface area contributed by atoms with E-state index in [-0.39, 0.29) is 0 Å². The molecule has 4 nitrogen and oxygen atoms in total. The van der Waals surface area contributed by atoms with Crippen LogP contribution in [0.15, 0.2) is 84.9 Å². The van der Waals surface area contributed by atoms with Gasteiger partial charge in [-0.15, -0.1) is 0 Å². The van der Waals surface area contributed by atoms with Gasteiger partial charge in [0.2, 0.25) is 0 Å². The van der Waals surface area contributed by atoms with Gasteiger partial charge in [-0.3, -0.25) is 4.57 Å². The summed E-state index contributed by atoms with van der Waals surface area (Å²) in [6, 6.07) is 23.3. The van der Waals surface area contributed by atoms with Crippen LogP contribution >= 0.6 is 7.37 Å². The first kappa shape index (κ1) is 18.8. The molecule has 0 radical (unpaired) electrons. The molecule has 5 rings (SSSR count). The lowest BCUT2D eigenvalue weighted by atomic mass is 10.0. The summed E-state index contributed by atoms with van der Waals surface area (Å²) >= 11 is 0. The molecule has 1 atom stereocenters. The summed E-state index contributed by atoms with van der Waals surface area (Å²) in [6.07, 6.45) is 3.77. The summed E-state index contributed by atoms with van der Waals surface area (Å²) in [7, 11) is -0.134. The molecule has 150 valence electrons. The molecule has 2 aliphatic rings. The Labute approximate surface area is 175 Å². The molecular weight excluding hydrogens is 395 g/mol.